The van der Waals surface area contributed by atoms with Crippen LogP contribution in [0.15, 0.2) is 18.2 Å². The highest BCUT2D eigenvalue weighted by molar-refractivity contribution is 5.95. The maximum atomic E-state index is 12.4. The lowest BCUT2D eigenvalue weighted by atomic mass is 10.1. The Morgan fingerprint density at radius 1 is 1.41 bits per heavy atom. The summed E-state index contributed by atoms with van der Waals surface area (Å²) < 4.78 is 10.7. The molecule has 2 amide bonds. The third-order valence-electron chi connectivity index (χ3n) is 3.47. The van der Waals surface area contributed by atoms with Crippen molar-refractivity contribution in [1.29, 1.82) is 0 Å². The molecule has 0 bridgehead atoms. The molecule has 0 spiro atoms. The highest BCUT2D eigenvalue weighted by Gasteiger charge is 2.29. The van der Waals surface area contributed by atoms with Gasteiger partial charge < -0.3 is 14.8 Å². The minimum atomic E-state index is -0.444. The fraction of sp³-hybridized carbons (Fsp3) is 0.500. The van der Waals surface area contributed by atoms with Gasteiger partial charge in [0.25, 0.3) is 0 Å². The molecule has 1 aliphatic rings. The first kappa shape index (κ1) is 16.1. The lowest BCUT2D eigenvalue weighted by Crippen LogP contribution is -2.49. The zero-order chi connectivity index (χ0) is 16.1. The third-order valence-corrected chi connectivity index (χ3v) is 3.47. The number of hydrogen-bond acceptors (Lipinski definition) is 4. The van der Waals surface area contributed by atoms with Crippen molar-refractivity contribution in [1.82, 2.24) is 5.32 Å². The molecule has 0 aliphatic carbocycles. The Morgan fingerprint density at radius 2 is 2.18 bits per heavy atom. The van der Waals surface area contributed by atoms with Gasteiger partial charge in [-0.2, -0.15) is 0 Å². The van der Waals surface area contributed by atoms with Gasteiger partial charge in [0.1, 0.15) is 18.4 Å². The summed E-state index contributed by atoms with van der Waals surface area (Å²) in [6.45, 7) is 6.32. The van der Waals surface area contributed by atoms with Crippen molar-refractivity contribution < 1.29 is 19.1 Å². The van der Waals surface area contributed by atoms with Crippen molar-refractivity contribution in [2.24, 2.45) is 0 Å². The first-order chi connectivity index (χ1) is 10.5. The molecular weight excluding hydrogens is 284 g/mol. The van der Waals surface area contributed by atoms with Gasteiger partial charge >= 0.3 is 12.0 Å². The number of fused-ring (bicyclic) bond motifs is 1. The number of benzene rings is 1. The molecule has 0 saturated heterocycles. The predicted octanol–water partition coefficient (Wildman–Crippen LogP) is 2.25. The molecule has 0 radical (unpaired) electrons. The molecule has 6 heteroatoms. The van der Waals surface area contributed by atoms with Gasteiger partial charge in [-0.15, -0.1) is 0 Å². The van der Waals surface area contributed by atoms with Gasteiger partial charge in [0.2, 0.25) is 0 Å². The zero-order valence-corrected chi connectivity index (χ0v) is 13.2. The van der Waals surface area contributed by atoms with Crippen molar-refractivity contribution >= 4 is 17.7 Å². The minimum absolute atomic E-state index is 0.0523. The van der Waals surface area contributed by atoms with E-state index in [4.69, 9.17) is 9.47 Å². The summed E-state index contributed by atoms with van der Waals surface area (Å²) in [7, 11) is 0. The summed E-state index contributed by atoms with van der Waals surface area (Å²) in [5.41, 5.74) is 1.77. The maximum absolute atomic E-state index is 12.4. The number of carbonyl (C=O) groups excluding carboxylic acids is 2. The van der Waals surface area contributed by atoms with Crippen LogP contribution in [0.5, 0.6) is 5.75 Å². The molecule has 22 heavy (non-hydrogen) atoms. The molecule has 1 N–H and O–H groups in total. The summed E-state index contributed by atoms with van der Waals surface area (Å²) >= 11 is 0. The molecule has 120 valence electrons. The quantitative estimate of drug-likeness (QED) is 0.866. The Bertz CT molecular complexity index is 559. The van der Waals surface area contributed by atoms with E-state index in [0.717, 1.165) is 17.7 Å². The van der Waals surface area contributed by atoms with E-state index in [1.54, 1.807) is 11.8 Å². The Kier molecular flexibility index (Phi) is 5.25. The van der Waals surface area contributed by atoms with Crippen LogP contribution in [0.2, 0.25) is 0 Å². The molecule has 0 aromatic heterocycles. The van der Waals surface area contributed by atoms with Crippen LogP contribution in [-0.2, 0) is 9.53 Å². The Balaban J connectivity index is 2.13. The van der Waals surface area contributed by atoms with Gasteiger partial charge in [-0.05, 0) is 38.0 Å². The molecule has 1 atom stereocenters. The van der Waals surface area contributed by atoms with Crippen LogP contribution in [0, 0.1) is 6.92 Å². The topological polar surface area (TPSA) is 67.9 Å². The molecule has 0 saturated carbocycles. The summed E-state index contributed by atoms with van der Waals surface area (Å²) in [4.78, 5) is 25.4. The third kappa shape index (κ3) is 3.69. The van der Waals surface area contributed by atoms with Crippen LogP contribution >= 0.6 is 0 Å². The number of urea groups is 1. The minimum Gasteiger partial charge on any atom is -0.486 e. The van der Waals surface area contributed by atoms with E-state index < -0.39 is 5.97 Å². The number of nitrogens with zero attached hydrogens (tertiary/aromatic N) is 1. The maximum Gasteiger partial charge on any atom is 0.325 e. The van der Waals surface area contributed by atoms with Gasteiger partial charge in [0.15, 0.2) is 0 Å². The molecular formula is C16H22N2O4. The number of rotatable bonds is 4. The fourth-order valence-corrected chi connectivity index (χ4v) is 2.32. The smallest absolute Gasteiger partial charge is 0.325 e. The molecule has 1 aromatic carbocycles. The highest BCUT2D eigenvalue weighted by Crippen LogP contribution is 2.34. The molecule has 0 unspecified atom stereocenters. The molecule has 1 aliphatic heterocycles. The van der Waals surface area contributed by atoms with E-state index in [-0.39, 0.29) is 18.7 Å². The largest absolute Gasteiger partial charge is 0.486 e. The van der Waals surface area contributed by atoms with Crippen molar-refractivity contribution in [3.63, 3.8) is 0 Å². The second-order valence-electron chi connectivity index (χ2n) is 5.19. The van der Waals surface area contributed by atoms with Crippen LogP contribution in [0.25, 0.3) is 0 Å². The average molecular weight is 306 g/mol. The first-order valence-corrected chi connectivity index (χ1v) is 7.53. The van der Waals surface area contributed by atoms with Crippen molar-refractivity contribution in [3.05, 3.63) is 23.8 Å². The summed E-state index contributed by atoms with van der Waals surface area (Å²) in [6, 6.07) is 5.41. The summed E-state index contributed by atoms with van der Waals surface area (Å²) in [6.07, 6.45) is 0.748. The second-order valence-corrected chi connectivity index (χ2v) is 5.19. The van der Waals surface area contributed by atoms with E-state index in [1.165, 1.54) is 0 Å². The summed E-state index contributed by atoms with van der Waals surface area (Å²) in [5.74, 6) is 0.246. The number of nitrogens with one attached hydrogen (secondary N) is 1. The molecule has 6 nitrogen and oxygen atoms in total. The molecule has 2 rings (SSSR count). The fourth-order valence-electron chi connectivity index (χ4n) is 2.32. The Morgan fingerprint density at radius 3 is 2.86 bits per heavy atom. The lowest BCUT2D eigenvalue weighted by molar-refractivity contribution is -0.141. The standard InChI is InChI=1S/C16H22N2O4/c1-4-12-10-18(16(20)17-9-15(19)21-5-2)13-8-11(3)6-7-14(13)22-12/h6-8,12H,4-5,9-10H2,1-3H3,(H,17,20)/t12-/m0/s1. The van der Waals surface area contributed by atoms with Gasteiger partial charge in [-0.25, -0.2) is 4.79 Å². The van der Waals surface area contributed by atoms with Crippen molar-refractivity contribution in [2.75, 3.05) is 24.6 Å². The number of carbonyl (C=O) groups is 2. The number of aryl methyl sites for hydroxylation is 1. The number of amides is 2. The summed E-state index contributed by atoms with van der Waals surface area (Å²) in [5, 5.41) is 2.60. The van der Waals surface area contributed by atoms with Crippen LogP contribution < -0.4 is 15.0 Å². The molecule has 1 heterocycles. The predicted molar refractivity (Wildman–Crippen MR) is 83.3 cm³/mol. The number of hydrogen-bond donors (Lipinski definition) is 1. The van der Waals surface area contributed by atoms with E-state index in [2.05, 4.69) is 5.32 Å². The van der Waals surface area contributed by atoms with Gasteiger partial charge in [-0.3, -0.25) is 9.69 Å². The molecule has 0 fully saturated rings. The normalized spacial score (nSPS) is 16.5. The number of ether oxygens (including phenoxy) is 2. The van der Waals surface area contributed by atoms with Crippen LogP contribution in [0.1, 0.15) is 25.8 Å². The van der Waals surface area contributed by atoms with Crippen LogP contribution in [0.4, 0.5) is 10.5 Å². The zero-order valence-electron chi connectivity index (χ0n) is 13.2. The van der Waals surface area contributed by atoms with E-state index in [1.807, 2.05) is 32.0 Å². The first-order valence-electron chi connectivity index (χ1n) is 7.53. The monoisotopic (exact) mass is 306 g/mol. The Hall–Kier alpha value is -2.24. The average Bonchev–Trinajstić information content (AvgIpc) is 2.51. The van der Waals surface area contributed by atoms with Crippen LogP contribution in [0.3, 0.4) is 0 Å². The Labute approximate surface area is 130 Å². The van der Waals surface area contributed by atoms with Gasteiger partial charge in [0, 0.05) is 0 Å². The highest BCUT2D eigenvalue weighted by atomic mass is 16.5. The van der Waals surface area contributed by atoms with Crippen molar-refractivity contribution in [2.45, 2.75) is 33.3 Å². The van der Waals surface area contributed by atoms with Gasteiger partial charge in [0.05, 0.1) is 18.8 Å². The SMILES string of the molecule is CCOC(=O)CNC(=O)N1C[C@H](CC)Oc2ccc(C)cc21. The van der Waals surface area contributed by atoms with Crippen LogP contribution in [-0.4, -0.2) is 37.8 Å². The number of esters is 1. The molecule has 1 aromatic rings. The van der Waals surface area contributed by atoms with E-state index in [0.29, 0.717) is 18.9 Å². The lowest BCUT2D eigenvalue weighted by Gasteiger charge is -2.34. The van der Waals surface area contributed by atoms with E-state index >= 15 is 0 Å². The second kappa shape index (κ2) is 7.15. The van der Waals surface area contributed by atoms with Crippen molar-refractivity contribution in [3.8, 4) is 5.75 Å². The van der Waals surface area contributed by atoms with Gasteiger partial charge in [-0.1, -0.05) is 13.0 Å². The van der Waals surface area contributed by atoms with E-state index in [9.17, 15) is 9.59 Å². The number of anilines is 1.